The molecule has 0 amide bonds. The smallest absolute Gasteiger partial charge is 0.271 e. The summed E-state index contributed by atoms with van der Waals surface area (Å²) in [4.78, 5) is 5.29. The maximum atomic E-state index is 12.3. The van der Waals surface area contributed by atoms with Gasteiger partial charge in [0.2, 0.25) is 0 Å². The van der Waals surface area contributed by atoms with Crippen LogP contribution in [0.1, 0.15) is 10.6 Å². The molecule has 0 saturated carbocycles. The second-order valence-electron chi connectivity index (χ2n) is 4.51. The third-order valence-corrected chi connectivity index (χ3v) is 5.69. The summed E-state index contributed by atoms with van der Waals surface area (Å²) < 4.78 is 29.4. The number of pyridine rings is 1. The van der Waals surface area contributed by atoms with Crippen molar-refractivity contribution in [2.24, 2.45) is 0 Å². The molecule has 3 heterocycles. The Hall–Kier alpha value is -1.86. The van der Waals surface area contributed by atoms with Crippen LogP contribution in [0.5, 0.6) is 0 Å². The van der Waals surface area contributed by atoms with Crippen LogP contribution in [0.4, 0.5) is 5.69 Å². The summed E-state index contributed by atoms with van der Waals surface area (Å²) >= 11 is 1.25. The van der Waals surface area contributed by atoms with E-state index in [1.165, 1.54) is 11.3 Å². The molecule has 104 valence electrons. The lowest BCUT2D eigenvalue weighted by Crippen LogP contribution is -2.12. The molecular weight excluding hydrogens is 294 g/mol. The molecule has 0 bridgehead atoms. The monoisotopic (exact) mass is 307 g/mol. The van der Waals surface area contributed by atoms with Crippen LogP contribution in [0.2, 0.25) is 0 Å². The van der Waals surface area contributed by atoms with Crippen molar-refractivity contribution in [1.29, 1.82) is 0 Å². The normalized spacial score (nSPS) is 11.9. The lowest BCUT2D eigenvalue weighted by molar-refractivity contribution is 0.603. The van der Waals surface area contributed by atoms with Crippen LogP contribution in [0.3, 0.4) is 0 Å². The Kier molecular flexibility index (Phi) is 3.02. The lowest BCUT2D eigenvalue weighted by atomic mass is 10.4. The SMILES string of the molecule is Cc1cn2cccc(NS(=O)(=O)c3ccc(C)s3)c2n1. The zero-order valence-corrected chi connectivity index (χ0v) is 12.6. The van der Waals surface area contributed by atoms with E-state index in [9.17, 15) is 8.42 Å². The summed E-state index contributed by atoms with van der Waals surface area (Å²) in [6.45, 7) is 3.75. The van der Waals surface area contributed by atoms with Gasteiger partial charge in [-0.15, -0.1) is 11.3 Å². The van der Waals surface area contributed by atoms with Crippen molar-refractivity contribution in [2.45, 2.75) is 18.1 Å². The molecule has 0 aromatic carbocycles. The number of hydrogen-bond donors (Lipinski definition) is 1. The predicted octanol–water partition coefficient (Wildman–Crippen LogP) is 2.81. The number of sulfonamides is 1. The summed E-state index contributed by atoms with van der Waals surface area (Å²) in [5.74, 6) is 0. The number of aromatic nitrogens is 2. The molecule has 0 spiro atoms. The summed E-state index contributed by atoms with van der Waals surface area (Å²) in [6, 6.07) is 6.89. The highest BCUT2D eigenvalue weighted by molar-refractivity contribution is 7.94. The number of rotatable bonds is 3. The van der Waals surface area contributed by atoms with E-state index in [0.717, 1.165) is 10.6 Å². The Bertz CT molecular complexity index is 878. The molecule has 20 heavy (non-hydrogen) atoms. The van der Waals surface area contributed by atoms with Crippen LogP contribution >= 0.6 is 11.3 Å². The number of thiophene rings is 1. The molecule has 3 aromatic rings. The zero-order valence-electron chi connectivity index (χ0n) is 11.0. The van der Waals surface area contributed by atoms with Gasteiger partial charge < -0.3 is 4.40 Å². The molecule has 3 aromatic heterocycles. The molecule has 0 fully saturated rings. The van der Waals surface area contributed by atoms with Gasteiger partial charge in [0.1, 0.15) is 4.21 Å². The predicted molar refractivity (Wildman–Crippen MR) is 79.8 cm³/mol. The highest BCUT2D eigenvalue weighted by Gasteiger charge is 2.18. The average Bonchev–Trinajstić information content (AvgIpc) is 2.95. The average molecular weight is 307 g/mol. The van der Waals surface area contributed by atoms with Crippen molar-refractivity contribution < 1.29 is 8.42 Å². The second-order valence-corrected chi connectivity index (χ2v) is 7.70. The topological polar surface area (TPSA) is 63.5 Å². The van der Waals surface area contributed by atoms with E-state index in [2.05, 4.69) is 9.71 Å². The molecule has 0 atom stereocenters. The number of aryl methyl sites for hydroxylation is 2. The van der Waals surface area contributed by atoms with Gasteiger partial charge in [-0.3, -0.25) is 4.72 Å². The Morgan fingerprint density at radius 2 is 2.05 bits per heavy atom. The van der Waals surface area contributed by atoms with E-state index in [1.54, 1.807) is 28.7 Å². The lowest BCUT2D eigenvalue weighted by Gasteiger charge is -2.07. The van der Waals surface area contributed by atoms with Gasteiger partial charge in [0.15, 0.2) is 5.65 Å². The molecule has 0 aliphatic rings. The van der Waals surface area contributed by atoms with Gasteiger partial charge in [0, 0.05) is 17.3 Å². The molecule has 0 aliphatic carbocycles. The summed E-state index contributed by atoms with van der Waals surface area (Å²) in [5.41, 5.74) is 1.91. The number of imidazole rings is 1. The van der Waals surface area contributed by atoms with Gasteiger partial charge in [0.25, 0.3) is 10.0 Å². The summed E-state index contributed by atoms with van der Waals surface area (Å²) in [5, 5.41) is 0. The number of fused-ring (bicyclic) bond motifs is 1. The largest absolute Gasteiger partial charge is 0.305 e. The van der Waals surface area contributed by atoms with Gasteiger partial charge in [-0.1, -0.05) is 0 Å². The van der Waals surface area contributed by atoms with Crippen LogP contribution < -0.4 is 4.72 Å². The molecule has 0 aliphatic heterocycles. The van der Waals surface area contributed by atoms with Gasteiger partial charge >= 0.3 is 0 Å². The maximum Gasteiger partial charge on any atom is 0.271 e. The molecule has 3 rings (SSSR count). The number of nitrogens with one attached hydrogen (secondary N) is 1. The van der Waals surface area contributed by atoms with E-state index in [4.69, 9.17) is 0 Å². The van der Waals surface area contributed by atoms with Gasteiger partial charge in [-0.05, 0) is 38.1 Å². The van der Waals surface area contributed by atoms with Gasteiger partial charge in [-0.25, -0.2) is 13.4 Å². The van der Waals surface area contributed by atoms with Crippen LogP contribution in [-0.4, -0.2) is 17.8 Å². The van der Waals surface area contributed by atoms with Crippen LogP contribution in [0, 0.1) is 13.8 Å². The van der Waals surface area contributed by atoms with Crippen molar-refractivity contribution in [1.82, 2.24) is 9.38 Å². The Morgan fingerprint density at radius 1 is 1.25 bits per heavy atom. The first kappa shape index (κ1) is 13.1. The molecule has 7 heteroatoms. The highest BCUT2D eigenvalue weighted by atomic mass is 32.2. The van der Waals surface area contributed by atoms with Gasteiger partial charge in [0.05, 0.1) is 11.4 Å². The van der Waals surface area contributed by atoms with Crippen molar-refractivity contribution in [3.8, 4) is 0 Å². The quantitative estimate of drug-likeness (QED) is 0.809. The van der Waals surface area contributed by atoms with Crippen LogP contribution in [0.25, 0.3) is 5.65 Å². The Morgan fingerprint density at radius 3 is 2.75 bits per heavy atom. The molecule has 1 N–H and O–H groups in total. The van der Waals surface area contributed by atoms with E-state index in [-0.39, 0.29) is 0 Å². The number of hydrogen-bond acceptors (Lipinski definition) is 4. The first-order chi connectivity index (χ1) is 9.45. The van der Waals surface area contributed by atoms with E-state index in [1.807, 2.05) is 26.2 Å². The summed E-state index contributed by atoms with van der Waals surface area (Å²) in [6.07, 6.45) is 3.69. The zero-order chi connectivity index (χ0) is 14.3. The van der Waals surface area contributed by atoms with Crippen molar-refractivity contribution in [3.63, 3.8) is 0 Å². The third kappa shape index (κ3) is 2.30. The standard InChI is InChI=1S/C13H13N3O2S2/c1-9-8-16-7-3-4-11(13(16)14-9)15-20(17,18)12-6-5-10(2)19-12/h3-8,15H,1-2H3. The maximum absolute atomic E-state index is 12.3. The molecule has 0 radical (unpaired) electrons. The fourth-order valence-corrected chi connectivity index (χ4v) is 4.31. The number of nitrogens with zero attached hydrogens (tertiary/aromatic N) is 2. The first-order valence-corrected chi connectivity index (χ1v) is 8.29. The third-order valence-electron chi connectivity index (χ3n) is 2.83. The summed E-state index contributed by atoms with van der Waals surface area (Å²) in [7, 11) is -3.56. The van der Waals surface area contributed by atoms with Crippen molar-refractivity contribution in [2.75, 3.05) is 4.72 Å². The van der Waals surface area contributed by atoms with Crippen molar-refractivity contribution in [3.05, 3.63) is 47.2 Å². The highest BCUT2D eigenvalue weighted by Crippen LogP contribution is 2.25. The minimum atomic E-state index is -3.56. The van der Waals surface area contributed by atoms with Gasteiger partial charge in [-0.2, -0.15) is 0 Å². The van der Waals surface area contributed by atoms with E-state index < -0.39 is 10.0 Å². The van der Waals surface area contributed by atoms with E-state index in [0.29, 0.717) is 15.5 Å². The molecule has 0 unspecified atom stereocenters. The van der Waals surface area contributed by atoms with E-state index >= 15 is 0 Å². The number of anilines is 1. The Balaban J connectivity index is 2.05. The second kappa shape index (κ2) is 4.60. The van der Waals surface area contributed by atoms with Crippen LogP contribution in [0.15, 0.2) is 40.9 Å². The Labute approximate surface area is 121 Å². The minimum Gasteiger partial charge on any atom is -0.305 e. The van der Waals surface area contributed by atoms with Crippen LogP contribution in [-0.2, 0) is 10.0 Å². The van der Waals surface area contributed by atoms with Crippen molar-refractivity contribution >= 4 is 32.7 Å². The molecular formula is C13H13N3O2S2. The first-order valence-electron chi connectivity index (χ1n) is 5.99. The molecule has 5 nitrogen and oxygen atoms in total. The fourth-order valence-electron chi connectivity index (χ4n) is 1.97. The minimum absolute atomic E-state index is 0.306. The molecule has 0 saturated heterocycles. The fraction of sp³-hybridized carbons (Fsp3) is 0.154.